The summed E-state index contributed by atoms with van der Waals surface area (Å²) in [5.41, 5.74) is 2.19. The van der Waals surface area contributed by atoms with E-state index in [0.717, 1.165) is 44.1 Å². The summed E-state index contributed by atoms with van der Waals surface area (Å²) >= 11 is 0. The molecule has 0 bridgehead atoms. The summed E-state index contributed by atoms with van der Waals surface area (Å²) in [6, 6.07) is 7.95. The Morgan fingerprint density at radius 3 is 2.55 bits per heavy atom. The second kappa shape index (κ2) is 8.84. The van der Waals surface area contributed by atoms with E-state index in [0.29, 0.717) is 13.0 Å². The van der Waals surface area contributed by atoms with E-state index in [1.165, 1.54) is 32.1 Å². The Labute approximate surface area is 173 Å². The largest absolute Gasteiger partial charge is 0.370 e. The number of amides is 2. The number of rotatable bonds is 5. The fourth-order valence-corrected chi connectivity index (χ4v) is 5.29. The second-order valence-electron chi connectivity index (χ2n) is 9.02. The zero-order chi connectivity index (χ0) is 20.3. The van der Waals surface area contributed by atoms with Gasteiger partial charge in [0.1, 0.15) is 18.6 Å². The van der Waals surface area contributed by atoms with E-state index >= 15 is 0 Å². The topological polar surface area (TPSA) is 63.1 Å². The number of benzene rings is 1. The first kappa shape index (κ1) is 20.4. The lowest BCUT2D eigenvalue weighted by atomic mass is 9.79. The molecule has 6 nitrogen and oxygen atoms in total. The fourth-order valence-electron chi connectivity index (χ4n) is 5.29. The van der Waals surface area contributed by atoms with E-state index in [1.54, 1.807) is 9.80 Å². The lowest BCUT2D eigenvalue weighted by molar-refractivity contribution is -0.960. The summed E-state index contributed by atoms with van der Waals surface area (Å²) in [7, 11) is 0. The molecule has 0 spiro atoms. The lowest BCUT2D eigenvalue weighted by Gasteiger charge is -2.45. The molecule has 158 valence electrons. The number of aryl methyl sites for hydroxylation is 1. The molecule has 3 fully saturated rings. The average molecular weight is 401 g/mol. The number of hydrogen-bond acceptors (Lipinski definition) is 3. The quantitative estimate of drug-likeness (QED) is 0.778. The van der Waals surface area contributed by atoms with Crippen LogP contribution in [0.2, 0.25) is 0 Å². The average Bonchev–Trinajstić information content (AvgIpc) is 3.15. The van der Waals surface area contributed by atoms with Crippen LogP contribution in [0.3, 0.4) is 0 Å². The SMILES string of the molecule is Cc1ccc(N2C[C@H](C(=O)NCC3([NH+]4CCOCC4)CCCCC3)CC2=O)cc1. The predicted octanol–water partition coefficient (Wildman–Crippen LogP) is 1.08. The Bertz CT molecular complexity index is 721. The van der Waals surface area contributed by atoms with Gasteiger partial charge in [0.25, 0.3) is 0 Å². The molecule has 1 aromatic rings. The minimum atomic E-state index is -0.260. The van der Waals surface area contributed by atoms with E-state index in [1.807, 2.05) is 31.2 Å². The Morgan fingerprint density at radius 1 is 1.17 bits per heavy atom. The third-order valence-electron chi connectivity index (χ3n) is 7.10. The molecule has 2 heterocycles. The van der Waals surface area contributed by atoms with Crippen molar-refractivity contribution < 1.29 is 19.2 Å². The van der Waals surface area contributed by atoms with Crippen LogP contribution in [0.4, 0.5) is 5.69 Å². The molecule has 4 rings (SSSR count). The normalized spacial score (nSPS) is 25.2. The van der Waals surface area contributed by atoms with Crippen molar-refractivity contribution in [1.29, 1.82) is 0 Å². The van der Waals surface area contributed by atoms with Crippen LogP contribution < -0.4 is 15.1 Å². The molecule has 2 saturated heterocycles. The van der Waals surface area contributed by atoms with E-state index in [-0.39, 0.29) is 23.3 Å². The molecule has 29 heavy (non-hydrogen) atoms. The number of nitrogens with zero attached hydrogens (tertiary/aromatic N) is 1. The number of carbonyl (C=O) groups is 2. The number of morpholine rings is 1. The summed E-state index contributed by atoms with van der Waals surface area (Å²) < 4.78 is 5.56. The van der Waals surface area contributed by atoms with Crippen molar-refractivity contribution in [3.8, 4) is 0 Å². The number of anilines is 1. The molecule has 0 aromatic heterocycles. The highest BCUT2D eigenvalue weighted by Gasteiger charge is 2.43. The number of quaternary nitrogens is 1. The van der Waals surface area contributed by atoms with Crippen molar-refractivity contribution in [2.75, 3.05) is 44.3 Å². The summed E-state index contributed by atoms with van der Waals surface area (Å²) in [4.78, 5) is 28.8. The van der Waals surface area contributed by atoms with Gasteiger partial charge in [0.15, 0.2) is 0 Å². The van der Waals surface area contributed by atoms with Gasteiger partial charge in [0, 0.05) is 31.5 Å². The summed E-state index contributed by atoms with van der Waals surface area (Å²) in [6.07, 6.45) is 6.41. The van der Waals surface area contributed by atoms with Gasteiger partial charge in [-0.25, -0.2) is 0 Å². The van der Waals surface area contributed by atoms with Crippen LogP contribution in [0, 0.1) is 12.8 Å². The highest BCUT2D eigenvalue weighted by molar-refractivity contribution is 6.00. The van der Waals surface area contributed by atoms with Crippen LogP contribution in [0.5, 0.6) is 0 Å². The third kappa shape index (κ3) is 4.48. The van der Waals surface area contributed by atoms with Crippen LogP contribution in [-0.2, 0) is 14.3 Å². The molecule has 1 atom stereocenters. The Kier molecular flexibility index (Phi) is 6.20. The van der Waals surface area contributed by atoms with Gasteiger partial charge in [-0.15, -0.1) is 0 Å². The van der Waals surface area contributed by atoms with Gasteiger partial charge in [-0.1, -0.05) is 24.1 Å². The van der Waals surface area contributed by atoms with Crippen molar-refractivity contribution >= 4 is 17.5 Å². The summed E-state index contributed by atoms with van der Waals surface area (Å²) in [5, 5.41) is 3.25. The maximum Gasteiger partial charge on any atom is 0.227 e. The van der Waals surface area contributed by atoms with Crippen LogP contribution >= 0.6 is 0 Å². The first-order chi connectivity index (χ1) is 14.1. The Hall–Kier alpha value is -1.92. The van der Waals surface area contributed by atoms with E-state index < -0.39 is 0 Å². The molecule has 2 amide bonds. The Morgan fingerprint density at radius 2 is 1.86 bits per heavy atom. The molecule has 2 N–H and O–H groups in total. The van der Waals surface area contributed by atoms with Crippen molar-refractivity contribution in [2.45, 2.75) is 51.0 Å². The maximum atomic E-state index is 13.0. The van der Waals surface area contributed by atoms with Gasteiger partial charge in [-0.2, -0.15) is 0 Å². The van der Waals surface area contributed by atoms with Gasteiger partial charge in [-0.3, -0.25) is 9.59 Å². The van der Waals surface area contributed by atoms with Crippen LogP contribution in [-0.4, -0.2) is 56.7 Å². The molecule has 2 aliphatic heterocycles. The van der Waals surface area contributed by atoms with Crippen LogP contribution in [0.1, 0.15) is 44.1 Å². The minimum absolute atomic E-state index is 0.0329. The van der Waals surface area contributed by atoms with Gasteiger partial charge in [0.2, 0.25) is 11.8 Å². The van der Waals surface area contributed by atoms with Crippen molar-refractivity contribution in [2.24, 2.45) is 5.92 Å². The lowest BCUT2D eigenvalue weighted by Crippen LogP contribution is -3.23. The van der Waals surface area contributed by atoms with E-state index in [9.17, 15) is 9.59 Å². The molecule has 0 radical (unpaired) electrons. The number of carbonyl (C=O) groups excluding carboxylic acids is 2. The van der Waals surface area contributed by atoms with Crippen molar-refractivity contribution in [3.63, 3.8) is 0 Å². The highest BCUT2D eigenvalue weighted by atomic mass is 16.5. The van der Waals surface area contributed by atoms with Crippen LogP contribution in [0.25, 0.3) is 0 Å². The molecule has 3 aliphatic rings. The van der Waals surface area contributed by atoms with Gasteiger partial charge in [-0.05, 0) is 31.9 Å². The van der Waals surface area contributed by atoms with Crippen molar-refractivity contribution in [3.05, 3.63) is 29.8 Å². The fraction of sp³-hybridized carbons (Fsp3) is 0.652. The number of ether oxygens (including phenoxy) is 1. The second-order valence-corrected chi connectivity index (χ2v) is 9.02. The zero-order valence-electron chi connectivity index (χ0n) is 17.5. The standard InChI is InChI=1S/C23H33N3O3/c1-18-5-7-20(8-6-18)26-16-19(15-21(26)27)22(28)24-17-23(9-3-2-4-10-23)25-11-13-29-14-12-25/h5-8,19H,2-4,9-17H2,1H3,(H,24,28)/p+1/t19-/m1/s1. The molecule has 0 unspecified atom stereocenters. The van der Waals surface area contributed by atoms with E-state index in [2.05, 4.69) is 5.32 Å². The third-order valence-corrected chi connectivity index (χ3v) is 7.10. The smallest absolute Gasteiger partial charge is 0.227 e. The number of nitrogens with one attached hydrogen (secondary N) is 2. The predicted molar refractivity (Wildman–Crippen MR) is 112 cm³/mol. The van der Waals surface area contributed by atoms with E-state index in [4.69, 9.17) is 4.74 Å². The first-order valence-corrected chi connectivity index (χ1v) is 11.2. The maximum absolute atomic E-state index is 13.0. The zero-order valence-corrected chi connectivity index (χ0v) is 17.5. The molecule has 1 aromatic carbocycles. The summed E-state index contributed by atoms with van der Waals surface area (Å²) in [5.74, 6) is -0.185. The first-order valence-electron chi connectivity index (χ1n) is 11.2. The van der Waals surface area contributed by atoms with Gasteiger partial charge >= 0.3 is 0 Å². The molecule has 6 heteroatoms. The molecule has 1 saturated carbocycles. The monoisotopic (exact) mass is 400 g/mol. The molecular weight excluding hydrogens is 366 g/mol. The van der Waals surface area contributed by atoms with Crippen LogP contribution in [0.15, 0.2) is 24.3 Å². The van der Waals surface area contributed by atoms with Gasteiger partial charge in [0.05, 0.1) is 25.7 Å². The highest BCUT2D eigenvalue weighted by Crippen LogP contribution is 2.27. The molecular formula is C23H34N3O3+. The minimum Gasteiger partial charge on any atom is -0.370 e. The van der Waals surface area contributed by atoms with Crippen molar-refractivity contribution in [1.82, 2.24) is 5.32 Å². The number of hydrogen-bond donors (Lipinski definition) is 2. The van der Waals surface area contributed by atoms with Gasteiger partial charge < -0.3 is 19.9 Å². The summed E-state index contributed by atoms with van der Waals surface area (Å²) in [6.45, 7) is 6.91. The molecule has 1 aliphatic carbocycles. The Balaban J connectivity index is 1.38.